The summed E-state index contributed by atoms with van der Waals surface area (Å²) in [7, 11) is 0. The van der Waals surface area contributed by atoms with E-state index in [1.54, 1.807) is 18.0 Å². The Bertz CT molecular complexity index is 767. The highest BCUT2D eigenvalue weighted by Gasteiger charge is 2.32. The van der Waals surface area contributed by atoms with Gasteiger partial charge >= 0.3 is 0 Å². The topological polar surface area (TPSA) is 76.5 Å². The van der Waals surface area contributed by atoms with Gasteiger partial charge in [-0.3, -0.25) is 9.20 Å². The van der Waals surface area contributed by atoms with Gasteiger partial charge in [-0.15, -0.1) is 0 Å². The number of hydrogen-bond acceptors (Lipinski definition) is 4. The first-order chi connectivity index (χ1) is 10.1. The fraction of sp³-hybridized carbons (Fsp3) is 0.400. The van der Waals surface area contributed by atoms with Gasteiger partial charge in [0.25, 0.3) is 5.91 Å². The third-order valence-electron chi connectivity index (χ3n) is 3.83. The number of anilines is 1. The zero-order valence-electron chi connectivity index (χ0n) is 12.1. The van der Waals surface area contributed by atoms with Crippen LogP contribution in [0.3, 0.4) is 0 Å². The van der Waals surface area contributed by atoms with Gasteiger partial charge in [0.1, 0.15) is 17.2 Å². The Hall–Kier alpha value is -2.55. The number of likely N-dealkylation sites (tertiary alicyclic amines) is 1. The smallest absolute Gasteiger partial charge is 0.299 e. The van der Waals surface area contributed by atoms with Crippen molar-refractivity contribution in [2.45, 2.75) is 32.7 Å². The van der Waals surface area contributed by atoms with E-state index < -0.39 is 0 Å². The molecule has 0 aromatic carbocycles. The molecule has 2 N–H and O–H groups in total. The standard InChI is InChI=1S/C15H17N5O/c1-3-5-12(21)19-8-4-6-11(19)15-18-10(2)13-14(16)17-7-9-20(13)15/h7,9,11H,4,6,8H2,1-2H3,(H2,16,17)/t11-/m0/s1. The van der Waals surface area contributed by atoms with E-state index >= 15 is 0 Å². The average Bonchev–Trinajstić information content (AvgIpc) is 3.04. The second kappa shape index (κ2) is 5.09. The molecule has 3 heterocycles. The lowest BCUT2D eigenvalue weighted by atomic mass is 10.2. The predicted octanol–water partition coefficient (Wildman–Crippen LogP) is 1.31. The molecule has 1 atom stereocenters. The summed E-state index contributed by atoms with van der Waals surface area (Å²) in [5, 5.41) is 0. The van der Waals surface area contributed by atoms with Crippen LogP contribution in [0.2, 0.25) is 0 Å². The van der Waals surface area contributed by atoms with Gasteiger partial charge in [-0.05, 0) is 32.6 Å². The minimum absolute atomic E-state index is 0.0543. The van der Waals surface area contributed by atoms with Crippen molar-refractivity contribution in [3.05, 3.63) is 23.9 Å². The SMILES string of the molecule is CC#CC(=O)N1CCC[C@H]1c1nc(C)c2c(N)nccn12. The lowest BCUT2D eigenvalue weighted by Crippen LogP contribution is -2.30. The molecular weight excluding hydrogens is 266 g/mol. The van der Waals surface area contributed by atoms with Crippen molar-refractivity contribution >= 4 is 17.2 Å². The number of carbonyl (C=O) groups excluding carboxylic acids is 1. The van der Waals surface area contributed by atoms with Crippen molar-refractivity contribution in [1.29, 1.82) is 0 Å². The quantitative estimate of drug-likeness (QED) is 0.800. The van der Waals surface area contributed by atoms with Gasteiger partial charge in [0.15, 0.2) is 0 Å². The molecule has 6 nitrogen and oxygen atoms in total. The maximum Gasteiger partial charge on any atom is 0.299 e. The number of aryl methyl sites for hydroxylation is 1. The summed E-state index contributed by atoms with van der Waals surface area (Å²) in [5.74, 6) is 6.43. The summed E-state index contributed by atoms with van der Waals surface area (Å²) in [5.41, 5.74) is 7.58. The van der Waals surface area contributed by atoms with Gasteiger partial charge in [0.05, 0.1) is 11.7 Å². The number of amides is 1. The van der Waals surface area contributed by atoms with Gasteiger partial charge in [0, 0.05) is 18.9 Å². The second-order valence-electron chi connectivity index (χ2n) is 5.12. The third kappa shape index (κ3) is 2.11. The fourth-order valence-electron chi connectivity index (χ4n) is 2.96. The number of imidazole rings is 1. The molecule has 3 rings (SSSR count). The molecule has 0 bridgehead atoms. The maximum atomic E-state index is 12.1. The zero-order valence-corrected chi connectivity index (χ0v) is 12.1. The number of nitrogen functional groups attached to an aromatic ring is 1. The molecule has 1 fully saturated rings. The highest BCUT2D eigenvalue weighted by Crippen LogP contribution is 2.33. The fourth-order valence-corrected chi connectivity index (χ4v) is 2.96. The van der Waals surface area contributed by atoms with Gasteiger partial charge < -0.3 is 10.6 Å². The van der Waals surface area contributed by atoms with Crippen molar-refractivity contribution in [3.63, 3.8) is 0 Å². The Morgan fingerprint density at radius 3 is 3.10 bits per heavy atom. The van der Waals surface area contributed by atoms with Crippen LogP contribution in [0.4, 0.5) is 5.82 Å². The van der Waals surface area contributed by atoms with E-state index in [0.717, 1.165) is 29.9 Å². The van der Waals surface area contributed by atoms with Crippen molar-refractivity contribution in [3.8, 4) is 11.8 Å². The first kappa shape index (κ1) is 13.4. The van der Waals surface area contributed by atoms with Crippen molar-refractivity contribution in [2.75, 3.05) is 12.3 Å². The number of rotatable bonds is 1. The summed E-state index contributed by atoms with van der Waals surface area (Å²) in [6, 6.07) is -0.0543. The number of nitrogens with two attached hydrogens (primary N) is 1. The highest BCUT2D eigenvalue weighted by molar-refractivity contribution is 5.93. The van der Waals surface area contributed by atoms with Crippen LogP contribution in [0.1, 0.15) is 37.3 Å². The molecule has 1 amide bonds. The summed E-state index contributed by atoms with van der Waals surface area (Å²) in [6.45, 7) is 4.29. The first-order valence-corrected chi connectivity index (χ1v) is 6.96. The molecule has 1 aliphatic heterocycles. The van der Waals surface area contributed by atoms with Crippen LogP contribution >= 0.6 is 0 Å². The van der Waals surface area contributed by atoms with E-state index in [1.165, 1.54) is 0 Å². The molecule has 2 aromatic heterocycles. The molecule has 6 heteroatoms. The molecule has 0 aliphatic carbocycles. The second-order valence-corrected chi connectivity index (χ2v) is 5.12. The molecule has 0 saturated carbocycles. The molecule has 1 saturated heterocycles. The monoisotopic (exact) mass is 283 g/mol. The van der Waals surface area contributed by atoms with E-state index in [2.05, 4.69) is 21.8 Å². The predicted molar refractivity (Wildman–Crippen MR) is 79.3 cm³/mol. The van der Waals surface area contributed by atoms with E-state index in [9.17, 15) is 4.79 Å². The summed E-state index contributed by atoms with van der Waals surface area (Å²) in [6.07, 6.45) is 5.33. The minimum Gasteiger partial charge on any atom is -0.382 e. The normalized spacial score (nSPS) is 17.8. The molecule has 0 spiro atoms. The van der Waals surface area contributed by atoms with Gasteiger partial charge in [-0.1, -0.05) is 5.92 Å². The van der Waals surface area contributed by atoms with Crippen LogP contribution in [0.15, 0.2) is 12.4 Å². The number of carbonyl (C=O) groups is 1. The van der Waals surface area contributed by atoms with Crippen LogP contribution in [-0.2, 0) is 4.79 Å². The Balaban J connectivity index is 2.09. The molecule has 0 radical (unpaired) electrons. The largest absolute Gasteiger partial charge is 0.382 e. The van der Waals surface area contributed by atoms with Crippen LogP contribution < -0.4 is 5.73 Å². The Morgan fingerprint density at radius 1 is 1.52 bits per heavy atom. The Morgan fingerprint density at radius 2 is 2.33 bits per heavy atom. The summed E-state index contributed by atoms with van der Waals surface area (Å²) < 4.78 is 1.94. The first-order valence-electron chi connectivity index (χ1n) is 6.96. The van der Waals surface area contributed by atoms with Gasteiger partial charge in [0.2, 0.25) is 0 Å². The zero-order chi connectivity index (χ0) is 15.0. The molecule has 1 aliphatic rings. The third-order valence-corrected chi connectivity index (χ3v) is 3.83. The van der Waals surface area contributed by atoms with E-state index in [0.29, 0.717) is 12.4 Å². The van der Waals surface area contributed by atoms with E-state index in [-0.39, 0.29) is 11.9 Å². The van der Waals surface area contributed by atoms with E-state index in [4.69, 9.17) is 5.73 Å². The lowest BCUT2D eigenvalue weighted by Gasteiger charge is -2.21. The molecule has 21 heavy (non-hydrogen) atoms. The number of hydrogen-bond donors (Lipinski definition) is 1. The van der Waals surface area contributed by atoms with Crippen LogP contribution in [0, 0.1) is 18.8 Å². The maximum absolute atomic E-state index is 12.1. The molecule has 2 aromatic rings. The lowest BCUT2D eigenvalue weighted by molar-refractivity contribution is -0.126. The Kier molecular flexibility index (Phi) is 3.26. The minimum atomic E-state index is -0.142. The van der Waals surface area contributed by atoms with Crippen LogP contribution in [0.25, 0.3) is 5.52 Å². The van der Waals surface area contributed by atoms with Crippen molar-refractivity contribution in [1.82, 2.24) is 19.3 Å². The number of nitrogens with zero attached hydrogens (tertiary/aromatic N) is 4. The van der Waals surface area contributed by atoms with E-state index in [1.807, 2.05) is 17.5 Å². The number of fused-ring (bicyclic) bond motifs is 1. The summed E-state index contributed by atoms with van der Waals surface area (Å²) in [4.78, 5) is 22.6. The van der Waals surface area contributed by atoms with Crippen molar-refractivity contribution in [2.24, 2.45) is 0 Å². The molecule has 0 unspecified atom stereocenters. The van der Waals surface area contributed by atoms with Crippen LogP contribution in [-0.4, -0.2) is 31.7 Å². The number of aromatic nitrogens is 3. The molecular formula is C15H17N5O. The average molecular weight is 283 g/mol. The van der Waals surface area contributed by atoms with Crippen LogP contribution in [0.5, 0.6) is 0 Å². The van der Waals surface area contributed by atoms with Gasteiger partial charge in [-0.25, -0.2) is 9.97 Å². The molecule has 108 valence electrons. The summed E-state index contributed by atoms with van der Waals surface area (Å²) >= 11 is 0. The highest BCUT2D eigenvalue weighted by atomic mass is 16.2. The van der Waals surface area contributed by atoms with Crippen molar-refractivity contribution < 1.29 is 4.79 Å². The Labute approximate surface area is 123 Å². The van der Waals surface area contributed by atoms with Gasteiger partial charge in [-0.2, -0.15) is 0 Å².